The first-order valence-electron chi connectivity index (χ1n) is 4.58. The standard InChI is InChI=1S/C8H6F7NOSi/c1-16(2)17-18(16,14,15)8-6(12)4(10)3(9)5(11)7(8)13/h1-2H3. The van der Waals surface area contributed by atoms with E-state index in [1.165, 1.54) is 0 Å². The van der Waals surface area contributed by atoms with E-state index in [-0.39, 0.29) is 0 Å². The molecule has 102 valence electrons. The number of hydroxylamine groups is 2. The third-order valence-electron chi connectivity index (χ3n) is 2.86. The van der Waals surface area contributed by atoms with Crippen LogP contribution in [-0.2, 0) is 4.53 Å². The van der Waals surface area contributed by atoms with Crippen molar-refractivity contribution in [2.75, 3.05) is 14.1 Å². The van der Waals surface area contributed by atoms with Crippen LogP contribution in [0.15, 0.2) is 0 Å². The number of nitrogens with zero attached hydrogens (tertiary/aromatic N) is 1. The Morgan fingerprint density at radius 3 is 1.33 bits per heavy atom. The fraction of sp³-hybridized carbons (Fsp3) is 0.250. The number of benzene rings is 1. The van der Waals surface area contributed by atoms with Gasteiger partial charge < -0.3 is 0 Å². The Kier molecular flexibility index (Phi) is 2.26. The van der Waals surface area contributed by atoms with E-state index >= 15 is 0 Å². The molecule has 0 aliphatic carbocycles. The van der Waals surface area contributed by atoms with Crippen LogP contribution in [0.5, 0.6) is 0 Å². The van der Waals surface area contributed by atoms with E-state index in [1.807, 2.05) is 0 Å². The van der Waals surface area contributed by atoms with E-state index in [2.05, 4.69) is 4.53 Å². The van der Waals surface area contributed by atoms with Gasteiger partial charge >= 0.3 is 95.8 Å². The van der Waals surface area contributed by atoms with Crippen LogP contribution in [0.3, 0.4) is 0 Å². The topological polar surface area (TPSA) is 12.5 Å². The van der Waals surface area contributed by atoms with Gasteiger partial charge in [-0.2, -0.15) is 0 Å². The molecule has 10 heteroatoms. The Hall–Kier alpha value is -1.13. The van der Waals surface area contributed by atoms with Crippen LogP contribution >= 0.6 is 0 Å². The Morgan fingerprint density at radius 1 is 0.778 bits per heavy atom. The second kappa shape index (κ2) is 3.06. The third kappa shape index (κ3) is 1.25. The summed E-state index contributed by atoms with van der Waals surface area (Å²) in [6, 6.07) is 0. The molecule has 18 heavy (non-hydrogen) atoms. The van der Waals surface area contributed by atoms with Crippen molar-refractivity contribution in [2.45, 2.75) is 0 Å². The van der Waals surface area contributed by atoms with Crippen molar-refractivity contribution in [1.82, 2.24) is 0 Å². The zero-order valence-electron chi connectivity index (χ0n) is 9.00. The molecule has 0 N–H and O–H groups in total. The first-order chi connectivity index (χ1) is 7.93. The van der Waals surface area contributed by atoms with E-state index in [4.69, 9.17) is 0 Å². The quantitative estimate of drug-likeness (QED) is 0.192. The van der Waals surface area contributed by atoms with Gasteiger partial charge in [0.1, 0.15) is 0 Å². The molecule has 1 heterocycles. The van der Waals surface area contributed by atoms with Crippen molar-refractivity contribution in [3.63, 3.8) is 0 Å². The third-order valence-corrected chi connectivity index (χ3v) is 6.60. The fourth-order valence-electron chi connectivity index (χ4n) is 1.64. The monoisotopic (exact) mass is 293 g/mol. The van der Waals surface area contributed by atoms with Crippen molar-refractivity contribution < 1.29 is 39.0 Å². The van der Waals surface area contributed by atoms with Gasteiger partial charge in [-0.25, -0.2) is 0 Å². The molecule has 1 aliphatic heterocycles. The number of halogens is 7. The molecule has 0 saturated carbocycles. The zero-order valence-corrected chi connectivity index (χ0v) is 10.0. The molecule has 1 saturated heterocycles. The Bertz CT molecular complexity index is 544. The maximum atomic E-state index is 14.0. The van der Waals surface area contributed by atoms with Crippen molar-refractivity contribution in [3.05, 3.63) is 29.1 Å². The summed E-state index contributed by atoms with van der Waals surface area (Å²) in [4.78, 5) is 0. The molecular formula is C8H6F7NOSi. The molecule has 0 amide bonds. The number of hydrogen-bond acceptors (Lipinski definition) is 1. The number of quaternary nitrogens is 1. The van der Waals surface area contributed by atoms with Crippen LogP contribution in [0.25, 0.3) is 0 Å². The summed E-state index contributed by atoms with van der Waals surface area (Å²) in [5.41, 5.74) is 0. The molecule has 2 nitrogen and oxygen atoms in total. The van der Waals surface area contributed by atoms with Gasteiger partial charge in [0.05, 0.1) is 0 Å². The van der Waals surface area contributed by atoms with E-state index in [0.717, 1.165) is 14.1 Å². The van der Waals surface area contributed by atoms with Crippen LogP contribution in [0.1, 0.15) is 0 Å². The van der Waals surface area contributed by atoms with Crippen LogP contribution in [-0.4, -0.2) is 26.8 Å². The summed E-state index contributed by atoms with van der Waals surface area (Å²) < 4.78 is 95.5. The average molecular weight is 293 g/mol. The average Bonchev–Trinajstić information content (AvgIpc) is 2.65. The maximum absolute atomic E-state index is 14.0. The van der Waals surface area contributed by atoms with Gasteiger partial charge in [-0.1, -0.05) is 0 Å². The van der Waals surface area contributed by atoms with E-state index < -0.39 is 47.0 Å². The molecule has 1 fully saturated rings. The van der Waals surface area contributed by atoms with Crippen LogP contribution in [0.2, 0.25) is 0 Å². The summed E-state index contributed by atoms with van der Waals surface area (Å²) in [5, 5.41) is -2.14. The molecule has 1 aromatic rings. The second-order valence-corrected chi connectivity index (χ2v) is 7.81. The molecule has 0 atom stereocenters. The van der Waals surface area contributed by atoms with Crippen LogP contribution in [0, 0.1) is 29.1 Å². The van der Waals surface area contributed by atoms with Crippen LogP contribution < -0.4 is 5.19 Å². The van der Waals surface area contributed by atoms with Crippen molar-refractivity contribution in [1.29, 1.82) is 0 Å². The molecule has 2 rings (SSSR count). The Balaban J connectivity index is 2.84. The molecule has 0 radical (unpaired) electrons. The van der Waals surface area contributed by atoms with Crippen molar-refractivity contribution in [2.24, 2.45) is 0 Å². The molecular weight excluding hydrogens is 287 g/mol. The van der Waals surface area contributed by atoms with Gasteiger partial charge in [-0.15, -0.1) is 0 Å². The number of hydrogen-bond donors (Lipinski definition) is 0. The van der Waals surface area contributed by atoms with E-state index in [1.54, 1.807) is 0 Å². The fourth-order valence-corrected chi connectivity index (χ4v) is 4.28. The summed E-state index contributed by atoms with van der Waals surface area (Å²) in [6.07, 6.45) is 0. The summed E-state index contributed by atoms with van der Waals surface area (Å²) in [6.45, 7) is 0. The SMILES string of the molecule is C[N+]1(C)O[Si-]1(F)(F)c1c(F)c(F)c(F)c(F)c1F. The second-order valence-electron chi connectivity index (χ2n) is 4.28. The van der Waals surface area contributed by atoms with E-state index in [0.29, 0.717) is 0 Å². The summed E-state index contributed by atoms with van der Waals surface area (Å²) in [7, 11) is -5.36. The molecule has 1 aromatic carbocycles. The molecule has 1 aliphatic rings. The Morgan fingerprint density at radius 2 is 1.06 bits per heavy atom. The van der Waals surface area contributed by atoms with Gasteiger partial charge in [0.15, 0.2) is 0 Å². The summed E-state index contributed by atoms with van der Waals surface area (Å²) in [5.74, 6) is -12.4. The zero-order chi connectivity index (χ0) is 14.1. The van der Waals surface area contributed by atoms with Gasteiger partial charge in [-0.3, -0.25) is 0 Å². The predicted octanol–water partition coefficient (Wildman–Crippen LogP) is 1.94. The van der Waals surface area contributed by atoms with Crippen molar-refractivity contribution >= 4 is 13.6 Å². The van der Waals surface area contributed by atoms with Gasteiger partial charge in [0.25, 0.3) is 0 Å². The number of rotatable bonds is 1. The molecule has 0 unspecified atom stereocenters. The predicted molar refractivity (Wildman–Crippen MR) is 47.0 cm³/mol. The Labute approximate surface area is 96.7 Å². The molecule has 0 aromatic heterocycles. The summed E-state index contributed by atoms with van der Waals surface area (Å²) >= 11 is 0. The minimum atomic E-state index is -6.90. The van der Waals surface area contributed by atoms with Crippen LogP contribution in [0.4, 0.5) is 30.2 Å². The van der Waals surface area contributed by atoms with E-state index in [9.17, 15) is 30.2 Å². The van der Waals surface area contributed by atoms with Gasteiger partial charge in [0.2, 0.25) is 0 Å². The molecule has 0 spiro atoms. The van der Waals surface area contributed by atoms with Crippen molar-refractivity contribution in [3.8, 4) is 0 Å². The first-order valence-corrected chi connectivity index (χ1v) is 6.69. The molecule has 0 bridgehead atoms. The van der Waals surface area contributed by atoms with Gasteiger partial charge in [0, 0.05) is 0 Å². The first kappa shape index (κ1) is 13.3. The van der Waals surface area contributed by atoms with Gasteiger partial charge in [-0.05, 0) is 0 Å². The minimum absolute atomic E-state index is 0.770. The normalized spacial score (nSPS) is 25.3.